The predicted octanol–water partition coefficient (Wildman–Crippen LogP) is 3.80. The van der Waals surface area contributed by atoms with Gasteiger partial charge in [0, 0.05) is 11.4 Å². The summed E-state index contributed by atoms with van der Waals surface area (Å²) in [5, 5.41) is 0.882. The Morgan fingerprint density at radius 3 is 2.74 bits per heavy atom. The molecule has 2 aromatic rings. The van der Waals surface area contributed by atoms with E-state index >= 15 is 0 Å². The number of carbonyl (C=O) groups is 2. The van der Waals surface area contributed by atoms with Crippen molar-refractivity contribution in [3.05, 3.63) is 27.0 Å². The van der Waals surface area contributed by atoms with Crippen LogP contribution in [0.1, 0.15) is 26.2 Å². The van der Waals surface area contributed by atoms with E-state index in [9.17, 15) is 9.59 Å². The molecule has 1 aromatic carbocycles. The van der Waals surface area contributed by atoms with Gasteiger partial charge in [-0.05, 0) is 18.6 Å². The lowest BCUT2D eigenvalue weighted by Gasteiger charge is -2.05. The predicted molar refractivity (Wildman–Crippen MR) is 91.9 cm³/mol. The number of hydrogen-bond acceptors (Lipinski definition) is 4. The number of hydrogen-bond donors (Lipinski definition) is 0. The van der Waals surface area contributed by atoms with Crippen molar-refractivity contribution in [1.29, 1.82) is 0 Å². The number of carbonyl (C=O) groups excluding carboxylic acids is 2. The summed E-state index contributed by atoms with van der Waals surface area (Å²) in [5.74, 6) is -0.669. The van der Waals surface area contributed by atoms with Crippen LogP contribution in [0.5, 0.6) is 0 Å². The molecule has 0 spiro atoms. The quantitative estimate of drug-likeness (QED) is 0.747. The second kappa shape index (κ2) is 7.95. The molecule has 8 heteroatoms. The third kappa shape index (κ3) is 4.34. The number of unbranched alkanes of at least 4 members (excludes halogenated alkanes) is 1. The third-order valence-corrected chi connectivity index (χ3v) is 4.71. The van der Waals surface area contributed by atoms with Gasteiger partial charge < -0.3 is 9.30 Å². The Kier molecular flexibility index (Phi) is 6.21. The van der Waals surface area contributed by atoms with Gasteiger partial charge >= 0.3 is 5.97 Å². The van der Waals surface area contributed by atoms with Crippen molar-refractivity contribution < 1.29 is 14.3 Å². The molecule has 0 bridgehead atoms. The van der Waals surface area contributed by atoms with Crippen molar-refractivity contribution in [3.8, 4) is 0 Å². The van der Waals surface area contributed by atoms with E-state index in [-0.39, 0.29) is 12.5 Å². The molecule has 0 atom stereocenters. The molecule has 0 saturated carbocycles. The largest absolute Gasteiger partial charge is 0.468 e. The van der Waals surface area contributed by atoms with Crippen LogP contribution in [0.4, 0.5) is 0 Å². The maximum absolute atomic E-state index is 12.0. The van der Waals surface area contributed by atoms with Crippen molar-refractivity contribution in [2.24, 2.45) is 4.99 Å². The normalized spacial score (nSPS) is 11.9. The molecule has 124 valence electrons. The molecular formula is C15H16Cl2N2O3S. The van der Waals surface area contributed by atoms with Crippen LogP contribution >= 0.6 is 34.5 Å². The third-order valence-electron chi connectivity index (χ3n) is 3.17. The van der Waals surface area contributed by atoms with Crippen LogP contribution in [0, 0.1) is 0 Å². The molecule has 0 fully saturated rings. The lowest BCUT2D eigenvalue weighted by atomic mass is 10.2. The Hall–Kier alpha value is -1.37. The highest BCUT2D eigenvalue weighted by Gasteiger charge is 2.15. The van der Waals surface area contributed by atoms with E-state index in [1.54, 1.807) is 16.7 Å². The van der Waals surface area contributed by atoms with Crippen LogP contribution in [-0.2, 0) is 20.9 Å². The molecule has 0 N–H and O–H groups in total. The summed E-state index contributed by atoms with van der Waals surface area (Å²) < 4.78 is 7.06. The van der Waals surface area contributed by atoms with Gasteiger partial charge in [0.05, 0.1) is 22.3 Å². The molecule has 0 unspecified atom stereocenters. The minimum Gasteiger partial charge on any atom is -0.468 e. The van der Waals surface area contributed by atoms with Gasteiger partial charge in [-0.25, -0.2) is 0 Å². The van der Waals surface area contributed by atoms with E-state index < -0.39 is 5.97 Å². The lowest BCUT2D eigenvalue weighted by molar-refractivity contribution is -0.141. The van der Waals surface area contributed by atoms with E-state index in [2.05, 4.69) is 4.99 Å². The number of fused-ring (bicyclic) bond motifs is 1. The maximum Gasteiger partial charge on any atom is 0.325 e. The number of amides is 1. The van der Waals surface area contributed by atoms with E-state index in [1.165, 1.54) is 18.4 Å². The summed E-state index contributed by atoms with van der Waals surface area (Å²) in [6.45, 7) is 1.93. The summed E-state index contributed by atoms with van der Waals surface area (Å²) in [5.41, 5.74) is 0.619. The number of thiazole rings is 1. The van der Waals surface area contributed by atoms with Crippen LogP contribution in [0.3, 0.4) is 0 Å². The second-order valence-electron chi connectivity index (χ2n) is 4.89. The zero-order valence-electron chi connectivity index (χ0n) is 12.8. The molecule has 0 radical (unpaired) electrons. The van der Waals surface area contributed by atoms with Crippen molar-refractivity contribution in [3.63, 3.8) is 0 Å². The standard InChI is InChI=1S/C15H16Cl2N2O3S/c1-3-4-5-12(20)18-15-19(8-13(21)22-2)14-10(17)6-9(16)7-11(14)23-15/h6-7H,3-5,8H2,1-2H3. The first-order valence-electron chi connectivity index (χ1n) is 7.09. The molecular weight excluding hydrogens is 359 g/mol. The number of nitrogens with zero attached hydrogens (tertiary/aromatic N) is 2. The highest BCUT2D eigenvalue weighted by Crippen LogP contribution is 2.29. The Morgan fingerprint density at radius 2 is 2.09 bits per heavy atom. The van der Waals surface area contributed by atoms with Crippen LogP contribution in [0.25, 0.3) is 10.2 Å². The molecule has 1 aromatic heterocycles. The number of ether oxygens (including phenoxy) is 1. The van der Waals surface area contributed by atoms with E-state index in [4.69, 9.17) is 27.9 Å². The number of methoxy groups -OCH3 is 1. The van der Waals surface area contributed by atoms with Gasteiger partial charge in [0.1, 0.15) is 6.54 Å². The molecule has 2 rings (SSSR count). The fourth-order valence-corrected chi connectivity index (χ4v) is 3.87. The minimum atomic E-state index is -0.446. The number of rotatable bonds is 5. The van der Waals surface area contributed by atoms with Gasteiger partial charge in [-0.2, -0.15) is 4.99 Å². The summed E-state index contributed by atoms with van der Waals surface area (Å²) >= 11 is 13.5. The molecule has 0 saturated heterocycles. The zero-order valence-corrected chi connectivity index (χ0v) is 15.1. The molecule has 0 aliphatic heterocycles. The monoisotopic (exact) mass is 374 g/mol. The Balaban J connectivity index is 2.60. The molecule has 1 amide bonds. The molecule has 0 aliphatic rings. The second-order valence-corrected chi connectivity index (χ2v) is 6.74. The maximum atomic E-state index is 12.0. The summed E-state index contributed by atoms with van der Waals surface area (Å²) in [6.07, 6.45) is 2.06. The summed E-state index contributed by atoms with van der Waals surface area (Å²) in [4.78, 5) is 28.2. The average Bonchev–Trinajstić information content (AvgIpc) is 2.82. The van der Waals surface area contributed by atoms with Gasteiger partial charge in [0.15, 0.2) is 4.80 Å². The van der Waals surface area contributed by atoms with Crippen LogP contribution in [0.2, 0.25) is 10.0 Å². The van der Waals surface area contributed by atoms with Crippen LogP contribution in [-0.4, -0.2) is 23.6 Å². The Labute approximate surface area is 147 Å². The first kappa shape index (κ1) is 18.0. The van der Waals surface area contributed by atoms with Gasteiger partial charge in [-0.15, -0.1) is 0 Å². The van der Waals surface area contributed by atoms with Gasteiger partial charge in [0.25, 0.3) is 0 Å². The van der Waals surface area contributed by atoms with E-state index in [1.807, 2.05) is 6.92 Å². The van der Waals surface area contributed by atoms with E-state index in [0.29, 0.717) is 26.8 Å². The highest BCUT2D eigenvalue weighted by atomic mass is 35.5. The van der Waals surface area contributed by atoms with Gasteiger partial charge in [0.2, 0.25) is 5.91 Å². The summed E-state index contributed by atoms with van der Waals surface area (Å²) in [7, 11) is 1.30. The number of halogens is 2. The van der Waals surface area contributed by atoms with Gasteiger partial charge in [-0.1, -0.05) is 47.9 Å². The summed E-state index contributed by atoms with van der Waals surface area (Å²) in [6, 6.07) is 3.32. The van der Waals surface area contributed by atoms with Crippen molar-refractivity contribution in [1.82, 2.24) is 4.57 Å². The van der Waals surface area contributed by atoms with Crippen molar-refractivity contribution in [2.75, 3.05) is 7.11 Å². The fraction of sp³-hybridized carbons (Fsp3) is 0.400. The molecule has 5 nitrogen and oxygen atoms in total. The van der Waals surface area contributed by atoms with Crippen LogP contribution in [0.15, 0.2) is 17.1 Å². The van der Waals surface area contributed by atoms with Crippen LogP contribution < -0.4 is 4.80 Å². The topological polar surface area (TPSA) is 60.7 Å². The Bertz CT molecular complexity index is 811. The first-order chi connectivity index (χ1) is 11.0. The molecule has 0 aliphatic carbocycles. The number of aromatic nitrogens is 1. The van der Waals surface area contributed by atoms with E-state index in [0.717, 1.165) is 17.5 Å². The average molecular weight is 375 g/mol. The smallest absolute Gasteiger partial charge is 0.325 e. The Morgan fingerprint density at radius 1 is 1.35 bits per heavy atom. The number of benzene rings is 1. The lowest BCUT2D eigenvalue weighted by Crippen LogP contribution is -2.22. The fourth-order valence-electron chi connectivity index (χ4n) is 2.05. The zero-order chi connectivity index (χ0) is 17.0. The molecule has 23 heavy (non-hydrogen) atoms. The number of esters is 1. The van der Waals surface area contributed by atoms with Gasteiger partial charge in [-0.3, -0.25) is 9.59 Å². The highest BCUT2D eigenvalue weighted by molar-refractivity contribution is 7.16. The minimum absolute atomic E-state index is 0.0717. The first-order valence-corrected chi connectivity index (χ1v) is 8.66. The van der Waals surface area contributed by atoms with Crippen molar-refractivity contribution in [2.45, 2.75) is 32.7 Å². The SMILES string of the molecule is CCCCC(=O)N=c1sc2cc(Cl)cc(Cl)c2n1CC(=O)OC. The molecule has 1 heterocycles. The van der Waals surface area contributed by atoms with Crippen molar-refractivity contribution >= 4 is 56.6 Å².